The molecule has 1 aromatic rings. The number of aromatic nitrogens is 1. The number of aryl methyl sites for hydroxylation is 1. The highest BCUT2D eigenvalue weighted by atomic mass is 35.5. The van der Waals surface area contributed by atoms with Gasteiger partial charge >= 0.3 is 5.97 Å². The van der Waals surface area contributed by atoms with Crippen LogP contribution < -0.4 is 0 Å². The summed E-state index contributed by atoms with van der Waals surface area (Å²) >= 11 is 0. The number of methoxy groups -OCH3 is 1. The van der Waals surface area contributed by atoms with Crippen LogP contribution in [0.2, 0.25) is 0 Å². The predicted octanol–water partition coefficient (Wildman–Crippen LogP) is 1.61. The van der Waals surface area contributed by atoms with E-state index in [9.17, 15) is 4.79 Å². The molecular formula is C9H12ClNO2. The molecule has 0 bridgehead atoms. The number of halogens is 1. The van der Waals surface area contributed by atoms with E-state index in [0.29, 0.717) is 12.8 Å². The molecule has 4 heteroatoms. The first-order valence-corrected chi connectivity index (χ1v) is 3.79. The third-order valence-corrected chi connectivity index (χ3v) is 1.54. The molecule has 3 nitrogen and oxygen atoms in total. The first-order chi connectivity index (χ1) is 5.83. The lowest BCUT2D eigenvalue weighted by Crippen LogP contribution is -2.02. The molecule has 13 heavy (non-hydrogen) atoms. The number of pyridine rings is 1. The van der Waals surface area contributed by atoms with Gasteiger partial charge in [0.05, 0.1) is 13.5 Å². The van der Waals surface area contributed by atoms with Gasteiger partial charge in [-0.3, -0.25) is 9.78 Å². The van der Waals surface area contributed by atoms with E-state index in [-0.39, 0.29) is 18.4 Å². The van der Waals surface area contributed by atoms with Crippen LogP contribution in [-0.4, -0.2) is 18.1 Å². The maximum atomic E-state index is 10.7. The van der Waals surface area contributed by atoms with Crippen molar-refractivity contribution in [2.45, 2.75) is 12.8 Å². The van der Waals surface area contributed by atoms with E-state index in [2.05, 4.69) is 9.72 Å². The average molecular weight is 202 g/mol. The highest BCUT2D eigenvalue weighted by Gasteiger charge is 2.00. The van der Waals surface area contributed by atoms with Gasteiger partial charge in [0.2, 0.25) is 0 Å². The molecule has 0 spiro atoms. The lowest BCUT2D eigenvalue weighted by Gasteiger charge is -1.98. The Morgan fingerprint density at radius 1 is 1.54 bits per heavy atom. The van der Waals surface area contributed by atoms with Gasteiger partial charge in [-0.1, -0.05) is 6.07 Å². The maximum absolute atomic E-state index is 10.7. The molecule has 1 heterocycles. The maximum Gasteiger partial charge on any atom is 0.305 e. The Morgan fingerprint density at radius 3 is 2.85 bits per heavy atom. The summed E-state index contributed by atoms with van der Waals surface area (Å²) in [4.78, 5) is 14.8. The highest BCUT2D eigenvalue weighted by molar-refractivity contribution is 5.85. The third kappa shape index (κ3) is 4.48. The van der Waals surface area contributed by atoms with Gasteiger partial charge in [-0.15, -0.1) is 12.4 Å². The fourth-order valence-electron chi connectivity index (χ4n) is 0.878. The molecule has 1 aromatic heterocycles. The predicted molar refractivity (Wildman–Crippen MR) is 51.8 cm³/mol. The van der Waals surface area contributed by atoms with E-state index in [0.717, 1.165) is 5.69 Å². The topological polar surface area (TPSA) is 39.2 Å². The van der Waals surface area contributed by atoms with Crippen LogP contribution in [0.15, 0.2) is 24.4 Å². The second-order valence-electron chi connectivity index (χ2n) is 2.40. The Kier molecular flexibility index (Phi) is 5.89. The number of carbonyl (C=O) groups is 1. The van der Waals surface area contributed by atoms with Crippen molar-refractivity contribution in [1.82, 2.24) is 4.98 Å². The second kappa shape index (κ2) is 6.43. The van der Waals surface area contributed by atoms with Gasteiger partial charge < -0.3 is 4.74 Å². The molecule has 0 saturated heterocycles. The Hall–Kier alpha value is -1.09. The number of ether oxygens (including phenoxy) is 1. The first kappa shape index (κ1) is 11.9. The van der Waals surface area contributed by atoms with Crippen LogP contribution >= 0.6 is 12.4 Å². The lowest BCUT2D eigenvalue weighted by atomic mass is 10.2. The summed E-state index contributed by atoms with van der Waals surface area (Å²) in [5.41, 5.74) is 0.919. The summed E-state index contributed by atoms with van der Waals surface area (Å²) in [6.45, 7) is 0. The standard InChI is InChI=1S/C9H11NO2.ClH/c1-12-9(11)6-5-8-4-2-3-7-10-8;/h2-4,7H,5-6H2,1H3;1H. The molecule has 0 aliphatic heterocycles. The van der Waals surface area contributed by atoms with E-state index in [1.807, 2.05) is 18.2 Å². The van der Waals surface area contributed by atoms with Crippen LogP contribution in [-0.2, 0) is 16.0 Å². The Bertz CT molecular complexity index is 251. The van der Waals surface area contributed by atoms with Crippen LogP contribution in [0.4, 0.5) is 0 Å². The quantitative estimate of drug-likeness (QED) is 0.698. The normalized spacial score (nSPS) is 8.69. The SMILES string of the molecule is COC(=O)CCc1ccccn1.Cl. The van der Waals surface area contributed by atoms with Gasteiger partial charge in [-0.05, 0) is 12.1 Å². The zero-order valence-electron chi connectivity index (χ0n) is 7.40. The molecule has 0 aliphatic rings. The average Bonchev–Trinajstić information content (AvgIpc) is 2.16. The number of carbonyl (C=O) groups excluding carboxylic acids is 1. The molecule has 0 saturated carbocycles. The van der Waals surface area contributed by atoms with Crippen molar-refractivity contribution >= 4 is 18.4 Å². The molecule has 0 amide bonds. The van der Waals surface area contributed by atoms with Crippen molar-refractivity contribution in [3.8, 4) is 0 Å². The molecule has 0 aromatic carbocycles. The van der Waals surface area contributed by atoms with E-state index in [1.54, 1.807) is 6.20 Å². The second-order valence-corrected chi connectivity index (χ2v) is 2.40. The van der Waals surface area contributed by atoms with E-state index in [1.165, 1.54) is 7.11 Å². The lowest BCUT2D eigenvalue weighted by molar-refractivity contribution is -0.140. The van der Waals surface area contributed by atoms with Crippen molar-refractivity contribution in [3.05, 3.63) is 30.1 Å². The zero-order valence-corrected chi connectivity index (χ0v) is 8.21. The number of hydrogen-bond acceptors (Lipinski definition) is 3. The van der Waals surface area contributed by atoms with Crippen LogP contribution in [0.25, 0.3) is 0 Å². The van der Waals surface area contributed by atoms with Crippen molar-refractivity contribution in [3.63, 3.8) is 0 Å². The summed E-state index contributed by atoms with van der Waals surface area (Å²) in [5, 5.41) is 0. The Labute approximate surface area is 83.5 Å². The Morgan fingerprint density at radius 2 is 2.31 bits per heavy atom. The van der Waals surface area contributed by atoms with Gasteiger partial charge in [0, 0.05) is 18.3 Å². The van der Waals surface area contributed by atoms with Gasteiger partial charge in [-0.2, -0.15) is 0 Å². The summed E-state index contributed by atoms with van der Waals surface area (Å²) in [7, 11) is 1.39. The molecule has 1 rings (SSSR count). The minimum atomic E-state index is -0.194. The molecular weight excluding hydrogens is 190 g/mol. The zero-order chi connectivity index (χ0) is 8.81. The van der Waals surface area contributed by atoms with E-state index >= 15 is 0 Å². The number of esters is 1. The number of hydrogen-bond donors (Lipinski definition) is 0. The molecule has 0 fully saturated rings. The van der Waals surface area contributed by atoms with E-state index in [4.69, 9.17) is 0 Å². The van der Waals surface area contributed by atoms with Gasteiger partial charge in [-0.25, -0.2) is 0 Å². The van der Waals surface area contributed by atoms with Crippen LogP contribution in [0, 0.1) is 0 Å². The molecule has 72 valence electrons. The van der Waals surface area contributed by atoms with Crippen LogP contribution in [0.5, 0.6) is 0 Å². The largest absolute Gasteiger partial charge is 0.469 e. The van der Waals surface area contributed by atoms with Crippen molar-refractivity contribution in [1.29, 1.82) is 0 Å². The fraction of sp³-hybridized carbons (Fsp3) is 0.333. The molecule has 0 unspecified atom stereocenters. The number of rotatable bonds is 3. The number of nitrogens with zero attached hydrogens (tertiary/aromatic N) is 1. The summed E-state index contributed by atoms with van der Waals surface area (Å²) < 4.78 is 4.51. The Balaban J connectivity index is 0.00000144. The van der Waals surface area contributed by atoms with Gasteiger partial charge in [0.1, 0.15) is 0 Å². The summed E-state index contributed by atoms with van der Waals surface area (Å²) in [6.07, 6.45) is 2.76. The minimum Gasteiger partial charge on any atom is -0.469 e. The molecule has 0 atom stereocenters. The monoisotopic (exact) mass is 201 g/mol. The van der Waals surface area contributed by atoms with Crippen LogP contribution in [0.3, 0.4) is 0 Å². The van der Waals surface area contributed by atoms with Crippen molar-refractivity contribution < 1.29 is 9.53 Å². The summed E-state index contributed by atoms with van der Waals surface area (Å²) in [5.74, 6) is -0.194. The van der Waals surface area contributed by atoms with Crippen molar-refractivity contribution in [2.75, 3.05) is 7.11 Å². The first-order valence-electron chi connectivity index (χ1n) is 3.79. The minimum absolute atomic E-state index is 0. The molecule has 0 radical (unpaired) electrons. The molecule has 0 aliphatic carbocycles. The highest BCUT2D eigenvalue weighted by Crippen LogP contribution is 1.98. The van der Waals surface area contributed by atoms with Gasteiger partial charge in [0.15, 0.2) is 0 Å². The summed E-state index contributed by atoms with van der Waals surface area (Å²) in [6, 6.07) is 5.64. The smallest absolute Gasteiger partial charge is 0.305 e. The third-order valence-electron chi connectivity index (χ3n) is 1.54. The molecule has 0 N–H and O–H groups in total. The van der Waals surface area contributed by atoms with Gasteiger partial charge in [0.25, 0.3) is 0 Å². The van der Waals surface area contributed by atoms with Crippen LogP contribution in [0.1, 0.15) is 12.1 Å². The fourth-order valence-corrected chi connectivity index (χ4v) is 0.878. The van der Waals surface area contributed by atoms with Crippen molar-refractivity contribution in [2.24, 2.45) is 0 Å². The van der Waals surface area contributed by atoms with E-state index < -0.39 is 0 Å².